The Morgan fingerprint density at radius 3 is 2.22 bits per heavy atom. The van der Waals surface area contributed by atoms with Crippen molar-refractivity contribution in [2.45, 2.75) is 33.3 Å². The van der Waals surface area contributed by atoms with Gasteiger partial charge in [-0.15, -0.1) is 0 Å². The lowest BCUT2D eigenvalue weighted by Gasteiger charge is -2.28. The summed E-state index contributed by atoms with van der Waals surface area (Å²) in [6.07, 6.45) is 11.2. The summed E-state index contributed by atoms with van der Waals surface area (Å²) in [6.45, 7) is 11.2. The van der Waals surface area contributed by atoms with Crippen LogP contribution in [-0.2, 0) is 29.5 Å². The number of benzene rings is 2. The highest BCUT2D eigenvalue weighted by atomic mass is 16.5. The lowest BCUT2D eigenvalue weighted by molar-refractivity contribution is 0.122. The quantitative estimate of drug-likeness (QED) is 0.164. The molecule has 0 amide bonds. The molecular weight excluding hydrogens is 795 g/mol. The smallest absolute Gasteiger partial charge is 0.320 e. The van der Waals surface area contributed by atoms with Crippen LogP contribution in [0.4, 0.5) is 17.3 Å². The number of aromatic nitrogens is 10. The largest absolute Gasteiger partial charge is 0.458 e. The fourth-order valence-corrected chi connectivity index (χ4v) is 7.87. The molecule has 0 spiro atoms. The Kier molecular flexibility index (Phi) is 12.7. The van der Waals surface area contributed by atoms with Crippen LogP contribution >= 0.6 is 0 Å². The Morgan fingerprint density at radius 2 is 1.48 bits per heavy atom. The van der Waals surface area contributed by atoms with E-state index in [-0.39, 0.29) is 1.43 Å². The summed E-state index contributed by atoms with van der Waals surface area (Å²) in [4.78, 5) is 37.1. The average Bonchev–Trinajstić information content (AvgIpc) is 3.95. The van der Waals surface area contributed by atoms with Crippen LogP contribution in [0.1, 0.15) is 32.8 Å². The molecule has 2 fully saturated rings. The number of morpholine rings is 2. The molecule has 0 saturated carbocycles. The summed E-state index contributed by atoms with van der Waals surface area (Å²) in [7, 11) is 2.01. The van der Waals surface area contributed by atoms with Crippen molar-refractivity contribution in [3.63, 3.8) is 0 Å². The molecule has 0 unspecified atom stereocenters. The molecule has 9 heterocycles. The molecule has 3 aliphatic heterocycles. The molecule has 2 saturated heterocycles. The molecule has 0 radical (unpaired) electrons. The van der Waals surface area contributed by atoms with Crippen molar-refractivity contribution in [3.8, 4) is 34.5 Å². The number of hydrogen-bond acceptors (Lipinski definition) is 14. The zero-order chi connectivity index (χ0) is 43.0. The van der Waals surface area contributed by atoms with Crippen LogP contribution in [0.25, 0.3) is 50.7 Å². The maximum atomic E-state index is 5.93. The van der Waals surface area contributed by atoms with Gasteiger partial charge in [-0.1, -0.05) is 50.2 Å². The van der Waals surface area contributed by atoms with Gasteiger partial charge in [0.15, 0.2) is 28.5 Å². The molecule has 6 aromatic heterocycles. The second-order valence-corrected chi connectivity index (χ2v) is 15.0. The SMILES string of the molecule is CC.Cn1c(-c2ccncc2)nc2c(N3CCOCC3)nc(-c3ccc4c(c3)NCCC4)nc21.[HH].c1ccc(-n2ncc3c(N4CCOCC4)nc(OCc4cccnc4)nc32)cc1. The van der Waals surface area contributed by atoms with Crippen molar-refractivity contribution < 1.29 is 15.6 Å². The molecule has 63 heavy (non-hydrogen) atoms. The molecule has 324 valence electrons. The predicted octanol–water partition coefficient (Wildman–Crippen LogP) is 7.19. The predicted molar refractivity (Wildman–Crippen MR) is 247 cm³/mol. The molecule has 0 atom stereocenters. The van der Waals surface area contributed by atoms with E-state index in [9.17, 15) is 0 Å². The van der Waals surface area contributed by atoms with E-state index in [2.05, 4.69) is 57.9 Å². The Hall–Kier alpha value is -7.04. The van der Waals surface area contributed by atoms with Gasteiger partial charge in [-0.2, -0.15) is 15.1 Å². The highest BCUT2D eigenvalue weighted by Crippen LogP contribution is 2.34. The van der Waals surface area contributed by atoms with Crippen LogP contribution in [-0.4, -0.2) is 108 Å². The Morgan fingerprint density at radius 1 is 0.714 bits per heavy atom. The first-order valence-corrected chi connectivity index (χ1v) is 21.7. The minimum absolute atomic E-state index is 0. The zero-order valence-corrected chi connectivity index (χ0v) is 35.9. The number of imidazole rings is 1. The normalized spacial score (nSPS) is 14.8. The average molecular weight is 848 g/mol. The molecular formula is C47H53N13O3. The topological polar surface area (TPSA) is 159 Å². The van der Waals surface area contributed by atoms with Crippen LogP contribution in [0.2, 0.25) is 0 Å². The van der Waals surface area contributed by atoms with Crippen molar-refractivity contribution in [2.24, 2.45) is 7.05 Å². The van der Waals surface area contributed by atoms with E-state index in [0.29, 0.717) is 44.7 Å². The first kappa shape index (κ1) is 41.3. The molecule has 11 rings (SSSR count). The van der Waals surface area contributed by atoms with Crippen molar-refractivity contribution in [1.29, 1.82) is 0 Å². The van der Waals surface area contributed by atoms with E-state index >= 15 is 0 Å². The van der Waals surface area contributed by atoms with Gasteiger partial charge in [0.25, 0.3) is 0 Å². The minimum atomic E-state index is 0. The second kappa shape index (κ2) is 19.3. The zero-order valence-electron chi connectivity index (χ0n) is 35.9. The molecule has 0 bridgehead atoms. The third-order valence-corrected chi connectivity index (χ3v) is 11.0. The van der Waals surface area contributed by atoms with Crippen LogP contribution in [0, 0.1) is 0 Å². The summed E-state index contributed by atoms with van der Waals surface area (Å²) in [5.41, 5.74) is 8.83. The van der Waals surface area contributed by atoms with Gasteiger partial charge in [0.05, 0.1) is 43.7 Å². The maximum Gasteiger partial charge on any atom is 0.320 e. The van der Waals surface area contributed by atoms with E-state index in [1.54, 1.807) is 24.8 Å². The monoisotopic (exact) mass is 847 g/mol. The molecule has 3 aliphatic rings. The first-order valence-electron chi connectivity index (χ1n) is 21.7. The number of nitrogens with zero attached hydrogens (tertiary/aromatic N) is 12. The minimum Gasteiger partial charge on any atom is -0.458 e. The summed E-state index contributed by atoms with van der Waals surface area (Å²) >= 11 is 0. The summed E-state index contributed by atoms with van der Waals surface area (Å²) < 4.78 is 20.9. The van der Waals surface area contributed by atoms with Gasteiger partial charge in [0.1, 0.15) is 18.2 Å². The number of anilines is 3. The summed E-state index contributed by atoms with van der Waals surface area (Å²) in [5, 5.41) is 8.98. The van der Waals surface area contributed by atoms with E-state index < -0.39 is 0 Å². The van der Waals surface area contributed by atoms with Gasteiger partial charge in [-0.05, 0) is 54.8 Å². The molecule has 0 aliphatic carbocycles. The fourth-order valence-electron chi connectivity index (χ4n) is 7.87. The van der Waals surface area contributed by atoms with Crippen LogP contribution in [0.15, 0.2) is 104 Å². The van der Waals surface area contributed by atoms with Crippen molar-refractivity contribution in [2.75, 3.05) is 74.3 Å². The van der Waals surface area contributed by atoms with E-state index in [4.69, 9.17) is 34.1 Å². The maximum absolute atomic E-state index is 5.93. The van der Waals surface area contributed by atoms with Gasteiger partial charge in [-0.25, -0.2) is 19.6 Å². The first-order chi connectivity index (χ1) is 31.2. The third kappa shape index (κ3) is 8.99. The highest BCUT2D eigenvalue weighted by molar-refractivity contribution is 5.90. The van der Waals surface area contributed by atoms with Crippen LogP contribution < -0.4 is 19.9 Å². The van der Waals surface area contributed by atoms with Crippen LogP contribution in [0.3, 0.4) is 0 Å². The highest BCUT2D eigenvalue weighted by Gasteiger charge is 2.24. The molecule has 16 heteroatoms. The van der Waals surface area contributed by atoms with E-state index in [1.807, 2.05) is 86.4 Å². The second-order valence-electron chi connectivity index (χ2n) is 15.0. The Balaban J connectivity index is 0.000000167. The number of nitrogens with one attached hydrogen (secondary N) is 1. The summed E-state index contributed by atoms with van der Waals surface area (Å²) in [6, 6.07) is 24.6. The summed E-state index contributed by atoms with van der Waals surface area (Å²) in [5.74, 6) is 3.27. The van der Waals surface area contributed by atoms with E-state index in [1.165, 1.54) is 17.7 Å². The molecule has 1 N–H and O–H groups in total. The van der Waals surface area contributed by atoms with Crippen molar-refractivity contribution in [3.05, 3.63) is 115 Å². The number of fused-ring (bicyclic) bond motifs is 3. The molecule has 2 aromatic carbocycles. The van der Waals surface area contributed by atoms with Crippen LogP contribution in [0.5, 0.6) is 6.01 Å². The van der Waals surface area contributed by atoms with Gasteiger partial charge >= 0.3 is 6.01 Å². The van der Waals surface area contributed by atoms with Crippen molar-refractivity contribution >= 4 is 39.5 Å². The fraction of sp³-hybridized carbons (Fsp3) is 0.319. The lowest BCUT2D eigenvalue weighted by Crippen LogP contribution is -2.37. The van der Waals surface area contributed by atoms with Gasteiger partial charge in [0.2, 0.25) is 0 Å². The molecule has 8 aromatic rings. The molecule has 16 nitrogen and oxygen atoms in total. The number of pyridine rings is 2. The number of para-hydroxylation sites is 1. The number of aryl methyl sites for hydroxylation is 2. The van der Waals surface area contributed by atoms with Gasteiger partial charge in [-0.3, -0.25) is 9.97 Å². The van der Waals surface area contributed by atoms with Crippen molar-refractivity contribution in [1.82, 2.24) is 49.2 Å². The number of rotatable bonds is 8. The number of ether oxygens (including phenoxy) is 3. The van der Waals surface area contributed by atoms with Gasteiger partial charge < -0.3 is 33.9 Å². The Bertz CT molecular complexity index is 2760. The third-order valence-electron chi connectivity index (χ3n) is 11.0. The number of hydrogen-bond donors (Lipinski definition) is 1. The lowest BCUT2D eigenvalue weighted by atomic mass is 10.0. The van der Waals surface area contributed by atoms with Gasteiger partial charge in [0, 0.05) is 88.4 Å². The standard InChI is InChI=1S/C24H25N7O.C21H20N6O2.C2H6.H2/c1-30-22(17-6-9-25-10-7-17)27-20-23(30)28-21(29-24(20)31-11-13-32-14-12-31)18-5-4-16-3-2-8-26-19(16)15-18;1-2-6-17(7-3-1)27-20-18(14-23-27)19(26-9-11-28-12-10-26)24-21(25-20)29-15-16-5-4-8-22-13-16;1-2;/h4-7,9-10,15,26H,2-3,8,11-14H2,1H3;1-8,13-14H,9-12,15H2;1-2H3;1H. The Labute approximate surface area is 367 Å². The van der Waals surface area contributed by atoms with E-state index in [0.717, 1.165) is 101 Å².